The van der Waals surface area contributed by atoms with Crippen molar-refractivity contribution in [3.05, 3.63) is 66.5 Å². The normalized spacial score (nSPS) is 10.3. The topological polar surface area (TPSA) is 61.3 Å². The molecular weight excluding hydrogens is 3390 g/mol. The molecule has 1 aliphatic heterocycles. The van der Waals surface area contributed by atoms with Crippen molar-refractivity contribution in [3.8, 4) is 0 Å². The van der Waals surface area contributed by atoms with Crippen LogP contribution in [0.2, 0.25) is 0 Å². The molecule has 1 radical (unpaired) electrons. The zero-order chi connectivity index (χ0) is 21.5. The summed E-state index contributed by atoms with van der Waals surface area (Å²) in [4.78, 5) is 18.3. The molecule has 0 N–H and O–H groups in total. The van der Waals surface area contributed by atoms with Gasteiger partial charge < -0.3 is 19.1 Å². The van der Waals surface area contributed by atoms with Gasteiger partial charge in [0.2, 0.25) is 0 Å². The molecule has 3 aromatic rings. The molecule has 0 saturated carbocycles. The minimum atomic E-state index is -0.364. The summed E-state index contributed by atoms with van der Waals surface area (Å²) in [6, 6.07) is 14.7. The molecule has 2 aromatic carbocycles. The fraction of sp³-hybridized carbons (Fsp3) is 0.348. The Morgan fingerprint density at radius 1 is 0.630 bits per heavy atom. The van der Waals surface area contributed by atoms with Crippen molar-refractivity contribution in [1.82, 2.24) is 9.97 Å². The summed E-state index contributed by atoms with van der Waals surface area (Å²) >= 11 is 0. The third kappa shape index (κ3) is 37.8. The molecule has 46 heavy (non-hydrogen) atoms. The Labute approximate surface area is 531 Å². The zero-order valence-corrected chi connectivity index (χ0v) is 74.8. The molecule has 0 aliphatic carbocycles. The van der Waals surface area contributed by atoms with Crippen LogP contribution in [0.3, 0.4) is 0 Å². The van der Waals surface area contributed by atoms with Gasteiger partial charge in [0.1, 0.15) is 0 Å². The van der Waals surface area contributed by atoms with Gasteiger partial charge in [0, 0.05) is 375 Å². The van der Waals surface area contributed by atoms with Gasteiger partial charge in [0.15, 0.2) is 0 Å². The number of aromatic nitrogens is 2. The van der Waals surface area contributed by atoms with Crippen LogP contribution in [0.1, 0.15) is 47.1 Å². The first kappa shape index (κ1) is 106. The summed E-state index contributed by atoms with van der Waals surface area (Å²) in [7, 11) is -0.364. The summed E-state index contributed by atoms with van der Waals surface area (Å²) < 4.78 is 12.0. The number of fused-ring (bicyclic) bond motifs is 1. The molecular formula is C23H27BN2O3W16Y-2. The molecule has 1 fully saturated rings. The van der Waals surface area contributed by atoms with Gasteiger partial charge in [-0.15, -0.1) is 24.4 Å². The third-order valence-electron chi connectivity index (χ3n) is 4.86. The average molecular weight is 3420 g/mol. The van der Waals surface area contributed by atoms with Crippen molar-refractivity contribution in [1.29, 1.82) is 0 Å². The van der Waals surface area contributed by atoms with Crippen molar-refractivity contribution < 1.29 is 384 Å². The maximum atomic E-state index is 9.88. The van der Waals surface area contributed by atoms with E-state index in [1.54, 1.807) is 36.7 Å². The van der Waals surface area contributed by atoms with Crippen molar-refractivity contribution >= 4 is 29.9 Å². The van der Waals surface area contributed by atoms with Crippen molar-refractivity contribution in [3.63, 3.8) is 0 Å². The SMILES string of the molecule is CC.CC1(C)OB(c2ccc3nc[c-]nc3c2)OC1(C)C.O=[C-]c1ccccc1.[W].[W].[W].[W].[W].[W].[W].[W].[W].[W].[W].[W].[W].[W].[W].[W].[Y]. The number of rotatable bonds is 2. The summed E-state index contributed by atoms with van der Waals surface area (Å²) in [6.07, 6.45) is 6.09. The minimum absolute atomic E-state index is 0. The van der Waals surface area contributed by atoms with E-state index >= 15 is 0 Å². The molecule has 23 heteroatoms. The van der Waals surface area contributed by atoms with Crippen LogP contribution in [-0.2, 0) is 384 Å². The molecule has 4 rings (SSSR count). The monoisotopic (exact) mass is 3420 g/mol. The third-order valence-corrected chi connectivity index (χ3v) is 4.86. The number of hydrogen-bond acceptors (Lipinski definition) is 5. The Kier molecular flexibility index (Phi) is 135. The molecule has 1 aliphatic rings. The van der Waals surface area contributed by atoms with Crippen LogP contribution < -0.4 is 5.46 Å². The first-order chi connectivity index (χ1) is 13.8. The van der Waals surface area contributed by atoms with Crippen LogP contribution in [-0.4, -0.2) is 34.6 Å². The standard InChI is InChI=1S/C14H16BN2O2.C7H5O.C2H6.16W.Y/c1-13(2)14(3,4)19-15(18-13)10-5-6-11-12(9-10)17-8-7-16-11;8-6-7-4-2-1-3-5-7;1-2;;;;;;;;;;;;;;;;;/h5-7,9H,1-4H3;1-5H;1-2H3;;;;;;;;;;;;;;;;;/q2*-1;;;;;;;;;;;;;;;;;;. The Hall–Kier alpha value is 9.55. The molecule has 5 nitrogen and oxygen atoms in total. The van der Waals surface area contributed by atoms with Gasteiger partial charge in [-0.25, -0.2) is 0 Å². The van der Waals surface area contributed by atoms with Crippen LogP contribution in [0.4, 0.5) is 0 Å². The van der Waals surface area contributed by atoms with E-state index in [4.69, 9.17) is 9.31 Å². The largest absolute Gasteiger partial charge is 0.493 e. The van der Waals surface area contributed by atoms with Crippen LogP contribution in [0.15, 0.2) is 54.7 Å². The summed E-state index contributed by atoms with van der Waals surface area (Å²) in [5, 5.41) is 0. The van der Waals surface area contributed by atoms with Crippen molar-refractivity contribution in [2.45, 2.75) is 52.7 Å². The first-order valence-electron chi connectivity index (χ1n) is 9.74. The second-order valence-corrected chi connectivity index (χ2v) is 7.30. The maximum absolute atomic E-state index is 9.88. The Morgan fingerprint density at radius 3 is 1.37 bits per heavy atom. The Bertz CT molecular complexity index is 963. The Balaban J connectivity index is -0.0000000217. The summed E-state index contributed by atoms with van der Waals surface area (Å²) in [5.74, 6) is 0. The van der Waals surface area contributed by atoms with E-state index in [-0.39, 0.29) is 388 Å². The van der Waals surface area contributed by atoms with Gasteiger partial charge in [-0.2, -0.15) is 17.7 Å². The predicted octanol–water partition coefficient (Wildman–Crippen LogP) is 3.86. The molecule has 1 aromatic heterocycles. The van der Waals surface area contributed by atoms with Gasteiger partial charge in [0.25, 0.3) is 0 Å². The molecule has 0 amide bonds. The number of benzene rings is 2. The van der Waals surface area contributed by atoms with Gasteiger partial charge in [-0.05, 0) is 39.4 Å². The molecule has 0 bridgehead atoms. The fourth-order valence-electron chi connectivity index (χ4n) is 2.57. The van der Waals surface area contributed by atoms with Crippen molar-refractivity contribution in [2.75, 3.05) is 0 Å². The van der Waals surface area contributed by atoms with Crippen LogP contribution >= 0.6 is 0 Å². The van der Waals surface area contributed by atoms with E-state index in [0.29, 0.717) is 5.56 Å². The van der Waals surface area contributed by atoms with Crippen LogP contribution in [0.25, 0.3) is 11.0 Å². The molecule has 0 unspecified atom stereocenters. The van der Waals surface area contributed by atoms with E-state index in [1.165, 1.54) is 0 Å². The van der Waals surface area contributed by atoms with E-state index in [0.717, 1.165) is 16.5 Å². The van der Waals surface area contributed by atoms with Gasteiger partial charge >= 0.3 is 7.12 Å². The van der Waals surface area contributed by atoms with Crippen LogP contribution in [0.5, 0.6) is 0 Å². The predicted molar refractivity (Wildman–Crippen MR) is 117 cm³/mol. The van der Waals surface area contributed by atoms with Crippen LogP contribution in [0, 0.1) is 6.20 Å². The second kappa shape index (κ2) is 58.9. The van der Waals surface area contributed by atoms with E-state index in [1.807, 2.05) is 65.8 Å². The van der Waals surface area contributed by atoms with Gasteiger partial charge in [-0.1, -0.05) is 37.6 Å². The quantitative estimate of drug-likeness (QED) is 0.289. The molecule has 0 atom stereocenters. The first-order valence-corrected chi connectivity index (χ1v) is 9.74. The summed E-state index contributed by atoms with van der Waals surface area (Å²) in [6.45, 7) is 12.2. The van der Waals surface area contributed by atoms with E-state index in [9.17, 15) is 4.79 Å². The Morgan fingerprint density at radius 2 is 1.02 bits per heavy atom. The van der Waals surface area contributed by atoms with E-state index in [2.05, 4.69) is 16.2 Å². The number of carbonyl (C=O) groups excluding carboxylic acids is 1. The number of hydrogen-bond donors (Lipinski definition) is 0. The van der Waals surface area contributed by atoms with Crippen molar-refractivity contribution in [2.24, 2.45) is 0 Å². The molecule has 251 valence electrons. The average Bonchev–Trinajstić information content (AvgIpc) is 2.97. The number of nitrogens with zero attached hydrogens (tertiary/aromatic N) is 2. The maximum Gasteiger partial charge on any atom is 0.493 e. The fourth-order valence-corrected chi connectivity index (χ4v) is 2.57. The molecule has 0 spiro atoms. The molecule has 2 heterocycles. The smallest absolute Gasteiger partial charge is 0.448 e. The van der Waals surface area contributed by atoms with E-state index < -0.39 is 0 Å². The van der Waals surface area contributed by atoms with Gasteiger partial charge in [0.05, 0.1) is 17.5 Å². The summed E-state index contributed by atoms with van der Waals surface area (Å²) in [5.41, 5.74) is 2.55. The second-order valence-electron chi connectivity index (χ2n) is 7.30. The van der Waals surface area contributed by atoms with Gasteiger partial charge in [-0.3, -0.25) is 4.98 Å². The zero-order valence-electron chi connectivity index (χ0n) is 25.0. The molecule has 1 saturated heterocycles. The minimum Gasteiger partial charge on any atom is -0.448 e.